The number of H-pyrrole nitrogens is 1. The SMILES string of the molecule is CC(CN(C)Cc1cccc2cc[nH]c12)C(=O)O. The average molecular weight is 246 g/mol. The maximum Gasteiger partial charge on any atom is 0.307 e. The lowest BCUT2D eigenvalue weighted by atomic mass is 10.1. The molecule has 2 rings (SSSR count). The first-order chi connectivity index (χ1) is 8.58. The second-order valence-corrected chi connectivity index (χ2v) is 4.80. The zero-order valence-corrected chi connectivity index (χ0v) is 10.7. The van der Waals surface area contributed by atoms with Crippen LogP contribution in [0.2, 0.25) is 0 Å². The Morgan fingerprint density at radius 1 is 1.44 bits per heavy atom. The van der Waals surface area contributed by atoms with Crippen LogP contribution in [0, 0.1) is 5.92 Å². The van der Waals surface area contributed by atoms with E-state index in [1.54, 1.807) is 6.92 Å². The molecule has 0 saturated carbocycles. The molecule has 0 fully saturated rings. The predicted molar refractivity (Wildman–Crippen MR) is 71.4 cm³/mol. The zero-order chi connectivity index (χ0) is 13.1. The lowest BCUT2D eigenvalue weighted by Crippen LogP contribution is -2.28. The molecule has 1 atom stereocenters. The van der Waals surface area contributed by atoms with Crippen molar-refractivity contribution in [2.24, 2.45) is 5.92 Å². The summed E-state index contributed by atoms with van der Waals surface area (Å²) in [6.07, 6.45) is 1.92. The molecule has 0 saturated heterocycles. The van der Waals surface area contributed by atoms with E-state index in [9.17, 15) is 4.79 Å². The molecule has 96 valence electrons. The fourth-order valence-corrected chi connectivity index (χ4v) is 2.18. The van der Waals surface area contributed by atoms with Gasteiger partial charge in [-0.15, -0.1) is 0 Å². The third-order valence-corrected chi connectivity index (χ3v) is 3.12. The Hall–Kier alpha value is -1.81. The van der Waals surface area contributed by atoms with Crippen LogP contribution >= 0.6 is 0 Å². The zero-order valence-electron chi connectivity index (χ0n) is 10.7. The molecule has 0 radical (unpaired) electrons. The van der Waals surface area contributed by atoms with Crippen LogP contribution in [0.25, 0.3) is 10.9 Å². The highest BCUT2D eigenvalue weighted by Crippen LogP contribution is 2.18. The Kier molecular flexibility index (Phi) is 3.67. The van der Waals surface area contributed by atoms with Crippen LogP contribution in [0.15, 0.2) is 30.5 Å². The summed E-state index contributed by atoms with van der Waals surface area (Å²) in [5.74, 6) is -1.10. The Morgan fingerprint density at radius 3 is 2.94 bits per heavy atom. The van der Waals surface area contributed by atoms with Gasteiger partial charge in [0.15, 0.2) is 0 Å². The Balaban J connectivity index is 2.09. The first-order valence-corrected chi connectivity index (χ1v) is 6.04. The molecule has 0 bridgehead atoms. The molecular formula is C14H18N2O2. The highest BCUT2D eigenvalue weighted by molar-refractivity contribution is 5.82. The van der Waals surface area contributed by atoms with Crippen LogP contribution in [-0.4, -0.2) is 34.6 Å². The largest absolute Gasteiger partial charge is 0.481 e. The first-order valence-electron chi connectivity index (χ1n) is 6.04. The topological polar surface area (TPSA) is 56.3 Å². The molecule has 0 aliphatic heterocycles. The van der Waals surface area contributed by atoms with Gasteiger partial charge >= 0.3 is 5.97 Å². The molecular weight excluding hydrogens is 228 g/mol. The van der Waals surface area contributed by atoms with Crippen molar-refractivity contribution in [1.82, 2.24) is 9.88 Å². The van der Waals surface area contributed by atoms with E-state index in [-0.39, 0.29) is 5.92 Å². The van der Waals surface area contributed by atoms with Gasteiger partial charge in [-0.25, -0.2) is 0 Å². The minimum atomic E-state index is -0.750. The van der Waals surface area contributed by atoms with Gasteiger partial charge in [-0.05, 0) is 24.1 Å². The third kappa shape index (κ3) is 2.71. The highest BCUT2D eigenvalue weighted by Gasteiger charge is 2.14. The van der Waals surface area contributed by atoms with Crippen molar-refractivity contribution in [3.05, 3.63) is 36.0 Å². The molecule has 0 amide bonds. The normalized spacial score (nSPS) is 13.1. The summed E-state index contributed by atoms with van der Waals surface area (Å²) >= 11 is 0. The summed E-state index contributed by atoms with van der Waals surface area (Å²) in [7, 11) is 1.95. The van der Waals surface area contributed by atoms with Crippen molar-refractivity contribution in [3.63, 3.8) is 0 Å². The number of nitrogens with zero attached hydrogens (tertiary/aromatic N) is 1. The summed E-state index contributed by atoms with van der Waals surface area (Å²) in [6.45, 7) is 3.02. The Morgan fingerprint density at radius 2 is 2.22 bits per heavy atom. The standard InChI is InChI=1S/C14H18N2O2/c1-10(14(17)18)8-16(2)9-12-5-3-4-11-6-7-15-13(11)12/h3-7,10,15H,8-9H2,1-2H3,(H,17,18). The highest BCUT2D eigenvalue weighted by atomic mass is 16.4. The number of aliphatic carboxylic acids is 1. The number of nitrogens with one attached hydrogen (secondary N) is 1. The Bertz CT molecular complexity index is 547. The smallest absolute Gasteiger partial charge is 0.307 e. The van der Waals surface area contributed by atoms with Crippen LogP contribution in [0.3, 0.4) is 0 Å². The first kappa shape index (κ1) is 12.6. The molecule has 2 aromatic rings. The number of rotatable bonds is 5. The van der Waals surface area contributed by atoms with Crippen LogP contribution < -0.4 is 0 Å². The van der Waals surface area contributed by atoms with Gasteiger partial charge in [-0.3, -0.25) is 4.79 Å². The van der Waals surface area contributed by atoms with E-state index in [4.69, 9.17) is 5.11 Å². The minimum absolute atomic E-state index is 0.349. The van der Waals surface area contributed by atoms with Crippen LogP contribution in [0.1, 0.15) is 12.5 Å². The number of fused-ring (bicyclic) bond motifs is 1. The average Bonchev–Trinajstić information content (AvgIpc) is 2.77. The lowest BCUT2D eigenvalue weighted by molar-refractivity contribution is -0.141. The van der Waals surface area contributed by atoms with E-state index in [1.165, 1.54) is 10.9 Å². The second-order valence-electron chi connectivity index (χ2n) is 4.80. The fourth-order valence-electron chi connectivity index (χ4n) is 2.18. The molecule has 0 spiro atoms. The molecule has 1 heterocycles. The maximum absolute atomic E-state index is 10.8. The van der Waals surface area contributed by atoms with E-state index in [1.807, 2.05) is 30.3 Å². The number of carboxylic acid groups (broad SMARTS) is 1. The number of carbonyl (C=O) groups is 1. The quantitative estimate of drug-likeness (QED) is 0.851. The summed E-state index contributed by atoms with van der Waals surface area (Å²) in [4.78, 5) is 16.1. The van der Waals surface area contributed by atoms with Gasteiger partial charge in [0.1, 0.15) is 0 Å². The minimum Gasteiger partial charge on any atom is -0.481 e. The van der Waals surface area contributed by atoms with Crippen molar-refractivity contribution in [2.75, 3.05) is 13.6 Å². The van der Waals surface area contributed by atoms with Gasteiger partial charge in [0.05, 0.1) is 5.92 Å². The number of aromatic amines is 1. The maximum atomic E-state index is 10.8. The molecule has 1 aromatic heterocycles. The number of benzene rings is 1. The number of carboxylic acids is 1. The van der Waals surface area contributed by atoms with Gasteiger partial charge in [0, 0.05) is 24.8 Å². The van der Waals surface area contributed by atoms with Gasteiger partial charge in [0.25, 0.3) is 0 Å². The van der Waals surface area contributed by atoms with Gasteiger partial charge < -0.3 is 15.0 Å². The molecule has 1 unspecified atom stereocenters. The molecule has 1 aromatic carbocycles. The van der Waals surface area contributed by atoms with E-state index in [0.29, 0.717) is 6.54 Å². The molecule has 2 N–H and O–H groups in total. The predicted octanol–water partition coefficient (Wildman–Crippen LogP) is 2.32. The number of aromatic nitrogens is 1. The van der Waals surface area contributed by atoms with Crippen LogP contribution in [0.4, 0.5) is 0 Å². The number of para-hydroxylation sites is 1. The monoisotopic (exact) mass is 246 g/mol. The van der Waals surface area contributed by atoms with Crippen molar-refractivity contribution < 1.29 is 9.90 Å². The van der Waals surface area contributed by atoms with Crippen molar-refractivity contribution in [2.45, 2.75) is 13.5 Å². The molecule has 0 aliphatic carbocycles. The van der Waals surface area contributed by atoms with E-state index in [0.717, 1.165) is 12.1 Å². The van der Waals surface area contributed by atoms with Crippen molar-refractivity contribution in [1.29, 1.82) is 0 Å². The molecule has 4 heteroatoms. The van der Waals surface area contributed by atoms with Gasteiger partial charge in [-0.2, -0.15) is 0 Å². The summed E-state index contributed by atoms with van der Waals surface area (Å²) in [5, 5.41) is 10.1. The van der Waals surface area contributed by atoms with Crippen LogP contribution in [-0.2, 0) is 11.3 Å². The van der Waals surface area contributed by atoms with Crippen LogP contribution in [0.5, 0.6) is 0 Å². The number of hydrogen-bond acceptors (Lipinski definition) is 2. The lowest BCUT2D eigenvalue weighted by Gasteiger charge is -2.19. The number of hydrogen-bond donors (Lipinski definition) is 2. The third-order valence-electron chi connectivity index (χ3n) is 3.12. The van der Waals surface area contributed by atoms with E-state index in [2.05, 4.69) is 17.1 Å². The van der Waals surface area contributed by atoms with E-state index < -0.39 is 5.97 Å². The second kappa shape index (κ2) is 5.23. The van der Waals surface area contributed by atoms with Crippen molar-refractivity contribution >= 4 is 16.9 Å². The Labute approximate surface area is 106 Å². The fraction of sp³-hybridized carbons (Fsp3) is 0.357. The molecule has 4 nitrogen and oxygen atoms in total. The summed E-state index contributed by atoms with van der Waals surface area (Å²) in [5.41, 5.74) is 2.32. The van der Waals surface area contributed by atoms with Crippen molar-refractivity contribution in [3.8, 4) is 0 Å². The molecule has 0 aliphatic rings. The van der Waals surface area contributed by atoms with Gasteiger partial charge in [0.2, 0.25) is 0 Å². The molecule has 18 heavy (non-hydrogen) atoms. The summed E-state index contributed by atoms with van der Waals surface area (Å²) < 4.78 is 0. The van der Waals surface area contributed by atoms with E-state index >= 15 is 0 Å². The summed E-state index contributed by atoms with van der Waals surface area (Å²) in [6, 6.07) is 8.20. The van der Waals surface area contributed by atoms with Gasteiger partial charge in [-0.1, -0.05) is 25.1 Å².